The first-order chi connectivity index (χ1) is 9.28. The maximum absolute atomic E-state index is 4.42. The monoisotopic (exact) mass is 254 g/mol. The molecule has 0 aliphatic rings. The van der Waals surface area contributed by atoms with Crippen LogP contribution in [0.2, 0.25) is 0 Å². The lowest BCUT2D eigenvalue weighted by atomic mass is 10.2. The fourth-order valence-corrected chi connectivity index (χ4v) is 1.88. The second kappa shape index (κ2) is 4.56. The van der Waals surface area contributed by atoms with Crippen molar-refractivity contribution in [3.63, 3.8) is 0 Å². The number of hydrogen-bond acceptors (Lipinski definition) is 5. The predicted molar refractivity (Wildman–Crippen MR) is 75.7 cm³/mol. The van der Waals surface area contributed by atoms with Gasteiger partial charge < -0.3 is 15.6 Å². The van der Waals surface area contributed by atoms with Gasteiger partial charge in [-0.05, 0) is 18.6 Å². The second-order valence-corrected chi connectivity index (χ2v) is 4.19. The summed E-state index contributed by atoms with van der Waals surface area (Å²) in [4.78, 5) is 15.9. The molecule has 0 atom stereocenters. The first kappa shape index (κ1) is 11.5. The Morgan fingerprint density at radius 2 is 2.00 bits per heavy atom. The molecule has 0 saturated carbocycles. The van der Waals surface area contributed by atoms with Crippen LogP contribution in [0, 0.1) is 6.92 Å². The lowest BCUT2D eigenvalue weighted by molar-refractivity contribution is 1.17. The van der Waals surface area contributed by atoms with E-state index in [1.807, 2.05) is 31.2 Å². The number of nitrogens with one attached hydrogen (secondary N) is 3. The van der Waals surface area contributed by atoms with Crippen molar-refractivity contribution in [2.75, 3.05) is 17.7 Å². The molecular formula is C13H14N6. The van der Waals surface area contributed by atoms with Crippen LogP contribution in [0.15, 0.2) is 30.6 Å². The highest BCUT2D eigenvalue weighted by Gasteiger charge is 2.10. The standard InChI is InChI=1S/C13H14N6/c1-8-5-3-4-6-9(8)17-12-10-11(16-7-15-10)18-13(14-2)19-12/h3-7H,1-2H3,(H3,14,15,16,17,18,19). The SMILES string of the molecule is CNc1nc(Nc2ccccc2C)c2[nH]cnc2n1. The van der Waals surface area contributed by atoms with Crippen molar-refractivity contribution < 1.29 is 0 Å². The van der Waals surface area contributed by atoms with E-state index in [-0.39, 0.29) is 0 Å². The molecule has 0 fully saturated rings. The first-order valence-electron chi connectivity index (χ1n) is 5.99. The van der Waals surface area contributed by atoms with Crippen LogP contribution in [0.5, 0.6) is 0 Å². The van der Waals surface area contributed by atoms with E-state index in [0.29, 0.717) is 17.4 Å². The Morgan fingerprint density at radius 1 is 1.16 bits per heavy atom. The van der Waals surface area contributed by atoms with Gasteiger partial charge in [0.2, 0.25) is 5.95 Å². The molecule has 0 radical (unpaired) electrons. The summed E-state index contributed by atoms with van der Waals surface area (Å²) in [6.45, 7) is 2.05. The number of para-hydroxylation sites is 1. The topological polar surface area (TPSA) is 78.5 Å². The average molecular weight is 254 g/mol. The van der Waals surface area contributed by atoms with Gasteiger partial charge in [-0.25, -0.2) is 4.98 Å². The summed E-state index contributed by atoms with van der Waals surface area (Å²) in [6.07, 6.45) is 1.61. The number of hydrogen-bond donors (Lipinski definition) is 3. The molecule has 6 heteroatoms. The van der Waals surface area contributed by atoms with Crippen molar-refractivity contribution >= 4 is 28.6 Å². The van der Waals surface area contributed by atoms with Crippen LogP contribution in [0.25, 0.3) is 11.2 Å². The molecule has 3 aromatic rings. The van der Waals surface area contributed by atoms with E-state index in [9.17, 15) is 0 Å². The number of aromatic amines is 1. The summed E-state index contributed by atoms with van der Waals surface area (Å²) in [5, 5.41) is 6.25. The van der Waals surface area contributed by atoms with E-state index >= 15 is 0 Å². The Labute approximate surface area is 110 Å². The van der Waals surface area contributed by atoms with Crippen LogP contribution in [-0.2, 0) is 0 Å². The fraction of sp³-hybridized carbons (Fsp3) is 0.154. The van der Waals surface area contributed by atoms with E-state index < -0.39 is 0 Å². The van der Waals surface area contributed by atoms with Crippen molar-refractivity contribution in [2.24, 2.45) is 0 Å². The van der Waals surface area contributed by atoms with Gasteiger partial charge in [0.25, 0.3) is 0 Å². The van der Waals surface area contributed by atoms with Crippen molar-refractivity contribution in [3.05, 3.63) is 36.2 Å². The summed E-state index contributed by atoms with van der Waals surface area (Å²) >= 11 is 0. The average Bonchev–Trinajstić information content (AvgIpc) is 2.89. The number of H-pyrrole nitrogens is 1. The third kappa shape index (κ3) is 2.08. The summed E-state index contributed by atoms with van der Waals surface area (Å²) in [5.41, 5.74) is 3.59. The third-order valence-corrected chi connectivity index (χ3v) is 2.91. The van der Waals surface area contributed by atoms with Gasteiger partial charge in [-0.3, -0.25) is 0 Å². The molecule has 0 aliphatic heterocycles. The Balaban J connectivity index is 2.09. The highest BCUT2D eigenvalue weighted by Crippen LogP contribution is 2.24. The fourth-order valence-electron chi connectivity index (χ4n) is 1.88. The number of rotatable bonds is 3. The van der Waals surface area contributed by atoms with E-state index in [1.54, 1.807) is 13.4 Å². The molecule has 2 aromatic heterocycles. The second-order valence-electron chi connectivity index (χ2n) is 4.19. The molecule has 2 heterocycles. The maximum atomic E-state index is 4.42. The molecule has 0 aliphatic carbocycles. The molecule has 0 unspecified atom stereocenters. The maximum Gasteiger partial charge on any atom is 0.226 e. The lowest BCUT2D eigenvalue weighted by Gasteiger charge is -2.10. The van der Waals surface area contributed by atoms with E-state index in [0.717, 1.165) is 16.8 Å². The molecule has 19 heavy (non-hydrogen) atoms. The zero-order valence-corrected chi connectivity index (χ0v) is 10.7. The molecule has 0 saturated heterocycles. The minimum atomic E-state index is 0.538. The molecule has 0 bridgehead atoms. The Kier molecular flexibility index (Phi) is 2.75. The molecule has 1 aromatic carbocycles. The number of nitrogens with zero attached hydrogens (tertiary/aromatic N) is 3. The number of anilines is 3. The number of benzene rings is 1. The number of aromatic nitrogens is 4. The van der Waals surface area contributed by atoms with Crippen molar-refractivity contribution in [1.29, 1.82) is 0 Å². The van der Waals surface area contributed by atoms with Gasteiger partial charge in [0, 0.05) is 12.7 Å². The molecule has 6 nitrogen and oxygen atoms in total. The quantitative estimate of drug-likeness (QED) is 0.669. The van der Waals surface area contributed by atoms with E-state index in [1.165, 1.54) is 0 Å². The van der Waals surface area contributed by atoms with Crippen molar-refractivity contribution in [1.82, 2.24) is 19.9 Å². The number of aryl methyl sites for hydroxylation is 1. The largest absolute Gasteiger partial charge is 0.357 e. The Hall–Kier alpha value is -2.63. The summed E-state index contributed by atoms with van der Waals surface area (Å²) in [7, 11) is 1.78. The highest BCUT2D eigenvalue weighted by atomic mass is 15.2. The van der Waals surface area contributed by atoms with Gasteiger partial charge in [0.1, 0.15) is 5.52 Å². The summed E-state index contributed by atoms with van der Waals surface area (Å²) in [6, 6.07) is 8.05. The lowest BCUT2D eigenvalue weighted by Crippen LogP contribution is -2.02. The van der Waals surface area contributed by atoms with Gasteiger partial charge in [-0.15, -0.1) is 0 Å². The minimum absolute atomic E-state index is 0.538. The zero-order chi connectivity index (χ0) is 13.2. The van der Waals surface area contributed by atoms with Crippen LogP contribution in [0.4, 0.5) is 17.5 Å². The highest BCUT2D eigenvalue weighted by molar-refractivity contribution is 5.86. The van der Waals surface area contributed by atoms with Crippen LogP contribution in [-0.4, -0.2) is 27.0 Å². The third-order valence-electron chi connectivity index (χ3n) is 2.91. The molecule has 3 rings (SSSR count). The molecule has 96 valence electrons. The normalized spacial score (nSPS) is 10.6. The minimum Gasteiger partial charge on any atom is -0.357 e. The Bertz CT molecular complexity index is 718. The van der Waals surface area contributed by atoms with E-state index in [4.69, 9.17) is 0 Å². The Morgan fingerprint density at radius 3 is 2.79 bits per heavy atom. The van der Waals surface area contributed by atoms with Gasteiger partial charge in [-0.1, -0.05) is 18.2 Å². The van der Waals surface area contributed by atoms with Crippen LogP contribution >= 0.6 is 0 Å². The molecular weight excluding hydrogens is 240 g/mol. The van der Waals surface area contributed by atoms with Crippen LogP contribution < -0.4 is 10.6 Å². The zero-order valence-electron chi connectivity index (χ0n) is 10.7. The first-order valence-corrected chi connectivity index (χ1v) is 5.99. The smallest absolute Gasteiger partial charge is 0.226 e. The number of fused-ring (bicyclic) bond motifs is 1. The summed E-state index contributed by atoms with van der Waals surface area (Å²) in [5.74, 6) is 1.25. The van der Waals surface area contributed by atoms with E-state index in [2.05, 4.69) is 30.6 Å². The molecule has 0 amide bonds. The number of imidazole rings is 1. The molecule has 3 N–H and O–H groups in total. The van der Waals surface area contributed by atoms with Gasteiger partial charge in [0.05, 0.1) is 6.33 Å². The van der Waals surface area contributed by atoms with Crippen LogP contribution in [0.3, 0.4) is 0 Å². The van der Waals surface area contributed by atoms with Crippen LogP contribution in [0.1, 0.15) is 5.56 Å². The van der Waals surface area contributed by atoms with Gasteiger partial charge >= 0.3 is 0 Å². The van der Waals surface area contributed by atoms with Crippen molar-refractivity contribution in [3.8, 4) is 0 Å². The van der Waals surface area contributed by atoms with Crippen molar-refractivity contribution in [2.45, 2.75) is 6.92 Å². The predicted octanol–water partition coefficient (Wildman–Crippen LogP) is 2.45. The van der Waals surface area contributed by atoms with Gasteiger partial charge in [0.15, 0.2) is 11.5 Å². The van der Waals surface area contributed by atoms with Gasteiger partial charge in [-0.2, -0.15) is 9.97 Å². The molecule has 0 spiro atoms. The summed E-state index contributed by atoms with van der Waals surface area (Å²) < 4.78 is 0.